The number of para-hydroxylation sites is 1. The van der Waals surface area contributed by atoms with Gasteiger partial charge in [-0.1, -0.05) is 24.3 Å². The lowest BCUT2D eigenvalue weighted by Crippen LogP contribution is -2.33. The molecular weight excluding hydrogens is 295 g/mol. The van der Waals surface area contributed by atoms with Gasteiger partial charge in [0, 0.05) is 5.46 Å². The van der Waals surface area contributed by atoms with E-state index >= 15 is 0 Å². The highest BCUT2D eigenvalue weighted by molar-refractivity contribution is 6.61. The zero-order valence-electron chi connectivity index (χ0n) is 12.5. The van der Waals surface area contributed by atoms with Gasteiger partial charge in [0.15, 0.2) is 0 Å². The second-order valence-electron chi connectivity index (χ2n) is 5.14. The Labute approximate surface area is 132 Å². The molecule has 6 nitrogen and oxygen atoms in total. The highest BCUT2D eigenvalue weighted by Crippen LogP contribution is 2.12. The van der Waals surface area contributed by atoms with Crippen LogP contribution in [-0.4, -0.2) is 33.8 Å². The minimum atomic E-state index is -1.66. The smallest absolute Gasteiger partial charge is 0.490 e. The topological polar surface area (TPSA) is 84.6 Å². The summed E-state index contributed by atoms with van der Waals surface area (Å²) in [7, 11) is -0.0667. The van der Waals surface area contributed by atoms with E-state index < -0.39 is 7.12 Å². The fourth-order valence-corrected chi connectivity index (χ4v) is 2.46. The molecule has 0 saturated heterocycles. The molecule has 7 heteroatoms. The molecule has 1 aromatic heterocycles. The summed E-state index contributed by atoms with van der Waals surface area (Å²) < 4.78 is 6.59. The first-order chi connectivity index (χ1) is 11.1. The van der Waals surface area contributed by atoms with Crippen LogP contribution < -0.4 is 15.8 Å². The first kappa shape index (κ1) is 15.3. The van der Waals surface area contributed by atoms with E-state index in [4.69, 9.17) is 4.74 Å². The minimum absolute atomic E-state index is 0.219. The van der Waals surface area contributed by atoms with Gasteiger partial charge in [0.2, 0.25) is 0 Å². The first-order valence-corrected chi connectivity index (χ1v) is 7.07. The summed E-state index contributed by atoms with van der Waals surface area (Å²) >= 11 is 0. The average Bonchev–Trinajstić information content (AvgIpc) is 2.57. The molecule has 2 aromatic carbocycles. The zero-order valence-corrected chi connectivity index (χ0v) is 12.5. The Hall–Kier alpha value is -2.64. The molecule has 0 aliphatic rings. The van der Waals surface area contributed by atoms with Crippen LogP contribution in [0.4, 0.5) is 0 Å². The standard InChI is InChI=1S/C16H15BN2O4/c1-23-12-7-5-11(6-8-12)9-19-10-18-15-13(16(19)20)3-2-4-14(15)17(21)22/h2-8,10,21-22H,9H2,1H3. The monoisotopic (exact) mass is 310 g/mol. The summed E-state index contributed by atoms with van der Waals surface area (Å²) in [6.45, 7) is 0.373. The van der Waals surface area contributed by atoms with Gasteiger partial charge in [-0.15, -0.1) is 0 Å². The van der Waals surface area contributed by atoms with Crippen molar-refractivity contribution >= 4 is 23.5 Å². The van der Waals surface area contributed by atoms with E-state index in [1.165, 1.54) is 17.0 Å². The Balaban J connectivity index is 2.02. The van der Waals surface area contributed by atoms with E-state index in [9.17, 15) is 14.8 Å². The van der Waals surface area contributed by atoms with Crippen LogP contribution in [0.25, 0.3) is 10.9 Å². The van der Waals surface area contributed by atoms with Gasteiger partial charge in [0.05, 0.1) is 30.9 Å². The van der Waals surface area contributed by atoms with Gasteiger partial charge in [0.1, 0.15) is 5.75 Å². The Bertz CT molecular complexity index is 891. The van der Waals surface area contributed by atoms with Crippen molar-refractivity contribution in [3.05, 3.63) is 64.7 Å². The molecule has 0 spiro atoms. The maximum atomic E-state index is 12.6. The Morgan fingerprint density at radius 1 is 1.17 bits per heavy atom. The quantitative estimate of drug-likeness (QED) is 0.669. The number of rotatable bonds is 4. The maximum absolute atomic E-state index is 12.6. The van der Waals surface area contributed by atoms with Crippen molar-refractivity contribution in [2.75, 3.05) is 7.11 Å². The first-order valence-electron chi connectivity index (χ1n) is 7.07. The molecule has 0 unspecified atom stereocenters. The van der Waals surface area contributed by atoms with Gasteiger partial charge in [-0.05, 0) is 23.8 Å². The lowest BCUT2D eigenvalue weighted by Gasteiger charge is -2.09. The minimum Gasteiger partial charge on any atom is -0.497 e. The van der Waals surface area contributed by atoms with E-state index in [-0.39, 0.29) is 11.0 Å². The molecule has 2 N–H and O–H groups in total. The lowest BCUT2D eigenvalue weighted by atomic mass is 9.79. The van der Waals surface area contributed by atoms with Crippen molar-refractivity contribution in [2.45, 2.75) is 6.54 Å². The highest BCUT2D eigenvalue weighted by Gasteiger charge is 2.17. The number of hydrogen-bond acceptors (Lipinski definition) is 5. The van der Waals surface area contributed by atoms with Gasteiger partial charge >= 0.3 is 7.12 Å². The summed E-state index contributed by atoms with van der Waals surface area (Å²) in [4.78, 5) is 16.8. The van der Waals surface area contributed by atoms with Crippen LogP contribution in [0.15, 0.2) is 53.6 Å². The van der Waals surface area contributed by atoms with E-state index in [0.717, 1.165) is 11.3 Å². The third-order valence-electron chi connectivity index (χ3n) is 3.67. The number of nitrogens with zero attached hydrogens (tertiary/aromatic N) is 2. The fraction of sp³-hybridized carbons (Fsp3) is 0.125. The molecule has 0 aliphatic carbocycles. The molecule has 0 fully saturated rings. The van der Waals surface area contributed by atoms with Crippen LogP contribution in [-0.2, 0) is 6.54 Å². The molecule has 3 rings (SSSR count). The summed E-state index contributed by atoms with van der Waals surface area (Å²) in [6.07, 6.45) is 1.42. The van der Waals surface area contributed by atoms with Gasteiger partial charge in [0.25, 0.3) is 5.56 Å². The molecule has 116 valence electrons. The molecule has 0 atom stereocenters. The average molecular weight is 310 g/mol. The number of ether oxygens (including phenoxy) is 1. The van der Waals surface area contributed by atoms with Crippen molar-refractivity contribution in [2.24, 2.45) is 0 Å². The van der Waals surface area contributed by atoms with E-state index in [1.807, 2.05) is 24.3 Å². The largest absolute Gasteiger partial charge is 0.497 e. The maximum Gasteiger partial charge on any atom is 0.490 e. The van der Waals surface area contributed by atoms with Gasteiger partial charge in [-0.3, -0.25) is 9.36 Å². The number of methoxy groups -OCH3 is 1. The number of benzene rings is 2. The Morgan fingerprint density at radius 3 is 2.57 bits per heavy atom. The molecular formula is C16H15BN2O4. The third-order valence-corrected chi connectivity index (χ3v) is 3.67. The second kappa shape index (κ2) is 6.24. The molecule has 1 heterocycles. The predicted molar refractivity (Wildman–Crippen MR) is 87.9 cm³/mol. The third kappa shape index (κ3) is 2.97. The molecule has 23 heavy (non-hydrogen) atoms. The number of hydrogen-bond donors (Lipinski definition) is 2. The van der Waals surface area contributed by atoms with E-state index in [2.05, 4.69) is 4.98 Å². The van der Waals surface area contributed by atoms with Crippen molar-refractivity contribution in [3.63, 3.8) is 0 Å². The summed E-state index contributed by atoms with van der Waals surface area (Å²) in [6, 6.07) is 12.2. The summed E-state index contributed by atoms with van der Waals surface area (Å²) in [5.41, 5.74) is 1.23. The van der Waals surface area contributed by atoms with Crippen LogP contribution in [0.1, 0.15) is 5.56 Å². The molecule has 0 saturated carbocycles. The summed E-state index contributed by atoms with van der Waals surface area (Å²) in [5, 5.41) is 19.1. The van der Waals surface area contributed by atoms with Crippen LogP contribution in [0.3, 0.4) is 0 Å². The van der Waals surface area contributed by atoms with Crippen molar-refractivity contribution in [1.29, 1.82) is 0 Å². The Morgan fingerprint density at radius 2 is 1.91 bits per heavy atom. The van der Waals surface area contributed by atoms with Crippen LogP contribution in [0.5, 0.6) is 5.75 Å². The number of fused-ring (bicyclic) bond motifs is 1. The Kier molecular flexibility index (Phi) is 4.14. The van der Waals surface area contributed by atoms with Gasteiger partial charge < -0.3 is 14.8 Å². The van der Waals surface area contributed by atoms with Crippen LogP contribution in [0, 0.1) is 0 Å². The highest BCUT2D eigenvalue weighted by atomic mass is 16.5. The molecule has 0 bridgehead atoms. The van der Waals surface area contributed by atoms with Gasteiger partial charge in [-0.25, -0.2) is 4.98 Å². The van der Waals surface area contributed by atoms with E-state index in [1.54, 1.807) is 19.2 Å². The van der Waals surface area contributed by atoms with E-state index in [0.29, 0.717) is 17.4 Å². The van der Waals surface area contributed by atoms with Crippen LogP contribution in [0.2, 0.25) is 0 Å². The molecule has 0 radical (unpaired) electrons. The lowest BCUT2D eigenvalue weighted by molar-refractivity contribution is 0.414. The zero-order chi connectivity index (χ0) is 16.4. The summed E-state index contributed by atoms with van der Waals surface area (Å²) in [5.74, 6) is 0.749. The normalized spacial score (nSPS) is 10.7. The SMILES string of the molecule is COc1ccc(Cn2cnc3c(B(O)O)cccc3c2=O)cc1. The second-order valence-corrected chi connectivity index (χ2v) is 5.14. The fourth-order valence-electron chi connectivity index (χ4n) is 2.46. The van der Waals surface area contributed by atoms with Crippen molar-refractivity contribution < 1.29 is 14.8 Å². The van der Waals surface area contributed by atoms with Crippen LogP contribution >= 0.6 is 0 Å². The van der Waals surface area contributed by atoms with Crippen molar-refractivity contribution in [1.82, 2.24) is 9.55 Å². The molecule has 0 amide bonds. The predicted octanol–water partition coefficient (Wildman–Crippen LogP) is 0.133. The van der Waals surface area contributed by atoms with Crippen molar-refractivity contribution in [3.8, 4) is 5.75 Å². The van der Waals surface area contributed by atoms with Gasteiger partial charge in [-0.2, -0.15) is 0 Å². The number of aromatic nitrogens is 2. The molecule has 0 aliphatic heterocycles. The molecule has 3 aromatic rings.